The van der Waals surface area contributed by atoms with Crippen LogP contribution in [0.25, 0.3) is 0 Å². The Morgan fingerprint density at radius 1 is 1.22 bits per heavy atom. The maximum absolute atomic E-state index is 12.3. The standard InChI is InChI=1S/C26H29N3O3/c1-5-19-8-10-22(11-9-19)32-25-18(4)14-20(16-29-25)15-27-17-23-21(6-2)12-13-28-24(23)26(30)31-7-3/h6,8-14,16-17,21,27H,2,5,7,15H2,1,3-4H3/b23-17+/t21-/m0/s1. The number of nitrogens with one attached hydrogen (secondary N) is 1. The van der Waals surface area contributed by atoms with Crippen LogP contribution in [0.2, 0.25) is 0 Å². The first-order valence-corrected chi connectivity index (χ1v) is 10.8. The van der Waals surface area contributed by atoms with Gasteiger partial charge in [0.25, 0.3) is 0 Å². The van der Waals surface area contributed by atoms with Gasteiger partial charge in [0.1, 0.15) is 5.75 Å². The van der Waals surface area contributed by atoms with E-state index in [9.17, 15) is 4.79 Å². The molecule has 6 nitrogen and oxygen atoms in total. The average molecular weight is 432 g/mol. The third-order valence-corrected chi connectivity index (χ3v) is 5.05. The molecule has 0 amide bonds. The van der Waals surface area contributed by atoms with Crippen LogP contribution in [-0.2, 0) is 22.5 Å². The Kier molecular flexibility index (Phi) is 7.97. The zero-order valence-corrected chi connectivity index (χ0v) is 18.8. The van der Waals surface area contributed by atoms with E-state index in [0.29, 0.717) is 24.7 Å². The van der Waals surface area contributed by atoms with Crippen LogP contribution in [0, 0.1) is 12.8 Å². The van der Waals surface area contributed by atoms with Gasteiger partial charge in [-0.1, -0.05) is 31.2 Å². The Balaban J connectivity index is 1.67. The lowest BCUT2D eigenvalue weighted by Crippen LogP contribution is -2.26. The zero-order valence-electron chi connectivity index (χ0n) is 18.8. The van der Waals surface area contributed by atoms with E-state index in [2.05, 4.69) is 40.9 Å². The van der Waals surface area contributed by atoms with Crippen LogP contribution in [0.5, 0.6) is 11.6 Å². The fraction of sp³-hybridized carbons (Fsp3) is 0.269. The zero-order chi connectivity index (χ0) is 22.9. The van der Waals surface area contributed by atoms with E-state index < -0.39 is 5.97 Å². The topological polar surface area (TPSA) is 72.8 Å². The molecule has 2 aromatic rings. The highest BCUT2D eigenvalue weighted by atomic mass is 16.5. The van der Waals surface area contributed by atoms with Gasteiger partial charge in [-0.05, 0) is 49.6 Å². The summed E-state index contributed by atoms with van der Waals surface area (Å²) in [6.45, 7) is 10.5. The van der Waals surface area contributed by atoms with Gasteiger partial charge in [0.15, 0.2) is 5.71 Å². The summed E-state index contributed by atoms with van der Waals surface area (Å²) in [5.74, 6) is 0.786. The van der Waals surface area contributed by atoms with Crippen molar-refractivity contribution in [2.45, 2.75) is 33.7 Å². The summed E-state index contributed by atoms with van der Waals surface area (Å²) in [6.07, 6.45) is 9.82. The first-order valence-electron chi connectivity index (χ1n) is 10.8. The van der Waals surface area contributed by atoms with E-state index in [1.165, 1.54) is 5.56 Å². The van der Waals surface area contributed by atoms with E-state index in [4.69, 9.17) is 9.47 Å². The molecule has 0 aliphatic carbocycles. The Bertz CT molecular complexity index is 1050. The van der Waals surface area contributed by atoms with Gasteiger partial charge in [0, 0.05) is 42.2 Å². The maximum Gasteiger partial charge on any atom is 0.357 e. The molecule has 0 saturated heterocycles. The summed E-state index contributed by atoms with van der Waals surface area (Å²) in [4.78, 5) is 20.9. The highest BCUT2D eigenvalue weighted by molar-refractivity contribution is 6.43. The fourth-order valence-electron chi connectivity index (χ4n) is 3.29. The predicted octanol–water partition coefficient (Wildman–Crippen LogP) is 5.05. The number of carbonyl (C=O) groups excluding carboxylic acids is 1. The number of ether oxygens (including phenoxy) is 2. The second kappa shape index (κ2) is 11.1. The molecule has 0 saturated carbocycles. The summed E-state index contributed by atoms with van der Waals surface area (Å²) in [5, 5.41) is 3.26. The van der Waals surface area contributed by atoms with Gasteiger partial charge in [0.05, 0.1) is 6.61 Å². The van der Waals surface area contributed by atoms with E-state index >= 15 is 0 Å². The van der Waals surface area contributed by atoms with Crippen LogP contribution in [0.4, 0.5) is 0 Å². The van der Waals surface area contributed by atoms with Gasteiger partial charge < -0.3 is 14.8 Å². The Morgan fingerprint density at radius 2 is 2.00 bits per heavy atom. The molecule has 1 aliphatic heterocycles. The number of aliphatic imine (C=N–C) groups is 1. The van der Waals surface area contributed by atoms with Crippen LogP contribution in [0.3, 0.4) is 0 Å². The predicted molar refractivity (Wildman–Crippen MR) is 127 cm³/mol. The van der Waals surface area contributed by atoms with Crippen molar-refractivity contribution in [3.8, 4) is 11.6 Å². The van der Waals surface area contributed by atoms with Crippen molar-refractivity contribution in [3.63, 3.8) is 0 Å². The lowest BCUT2D eigenvalue weighted by molar-refractivity contribution is -0.135. The van der Waals surface area contributed by atoms with Crippen molar-refractivity contribution >= 4 is 11.7 Å². The second-order valence-electron chi connectivity index (χ2n) is 7.35. The summed E-state index contributed by atoms with van der Waals surface area (Å²) in [5.41, 5.74) is 4.21. The average Bonchev–Trinajstić information content (AvgIpc) is 2.81. The van der Waals surface area contributed by atoms with Gasteiger partial charge in [0.2, 0.25) is 5.88 Å². The molecule has 1 atom stereocenters. The van der Waals surface area contributed by atoms with E-state index in [1.54, 1.807) is 31.6 Å². The number of hydrogen-bond donors (Lipinski definition) is 1. The minimum atomic E-state index is -0.442. The van der Waals surface area contributed by atoms with Crippen LogP contribution < -0.4 is 10.1 Å². The van der Waals surface area contributed by atoms with E-state index in [1.807, 2.05) is 31.2 Å². The first-order chi connectivity index (χ1) is 15.5. The number of hydrogen-bond acceptors (Lipinski definition) is 6. The molecular weight excluding hydrogens is 402 g/mol. The third-order valence-electron chi connectivity index (χ3n) is 5.05. The molecule has 0 fully saturated rings. The quantitative estimate of drug-likeness (QED) is 0.444. The lowest BCUT2D eigenvalue weighted by atomic mass is 9.93. The number of benzene rings is 1. The Hall–Kier alpha value is -3.67. The molecule has 1 aromatic carbocycles. The highest BCUT2D eigenvalue weighted by Gasteiger charge is 2.24. The summed E-state index contributed by atoms with van der Waals surface area (Å²) < 4.78 is 11.1. The molecule has 1 aliphatic rings. The molecule has 0 spiro atoms. The van der Waals surface area contributed by atoms with E-state index in [0.717, 1.165) is 28.9 Å². The number of carbonyl (C=O) groups is 1. The van der Waals surface area contributed by atoms with Crippen molar-refractivity contribution in [3.05, 3.63) is 89.9 Å². The van der Waals surface area contributed by atoms with Crippen LogP contribution in [0.15, 0.2) is 78.2 Å². The summed E-state index contributed by atoms with van der Waals surface area (Å²) >= 11 is 0. The van der Waals surface area contributed by atoms with Crippen LogP contribution in [0.1, 0.15) is 30.5 Å². The molecular formula is C26H29N3O3. The first kappa shape index (κ1) is 23.0. The number of rotatable bonds is 9. The largest absolute Gasteiger partial charge is 0.461 e. The number of nitrogens with zero attached hydrogens (tertiary/aromatic N) is 2. The Labute approximate surface area is 189 Å². The number of aromatic nitrogens is 1. The van der Waals surface area contributed by atoms with Gasteiger partial charge in [-0.3, -0.25) is 0 Å². The number of aryl methyl sites for hydroxylation is 2. The van der Waals surface area contributed by atoms with Gasteiger partial charge in [-0.2, -0.15) is 0 Å². The second-order valence-corrected chi connectivity index (χ2v) is 7.35. The van der Waals surface area contributed by atoms with Crippen molar-refractivity contribution in [1.29, 1.82) is 0 Å². The highest BCUT2D eigenvalue weighted by Crippen LogP contribution is 2.24. The molecule has 3 rings (SSSR count). The SMILES string of the molecule is C=C[C@H]1C=CN=C(C(=O)OCC)/C1=C/NCc1cnc(Oc2ccc(CC)cc2)c(C)c1. The van der Waals surface area contributed by atoms with Gasteiger partial charge in [-0.25, -0.2) is 14.8 Å². The van der Waals surface area contributed by atoms with Crippen molar-refractivity contribution in [2.24, 2.45) is 10.9 Å². The van der Waals surface area contributed by atoms with E-state index in [-0.39, 0.29) is 5.92 Å². The minimum absolute atomic E-state index is 0.117. The summed E-state index contributed by atoms with van der Waals surface area (Å²) in [7, 11) is 0. The molecule has 0 radical (unpaired) electrons. The van der Waals surface area contributed by atoms with Gasteiger partial charge >= 0.3 is 5.97 Å². The lowest BCUT2D eigenvalue weighted by Gasteiger charge is -2.18. The molecule has 2 heterocycles. The van der Waals surface area contributed by atoms with Crippen molar-refractivity contribution in [1.82, 2.24) is 10.3 Å². The molecule has 0 unspecified atom stereocenters. The molecule has 32 heavy (non-hydrogen) atoms. The Morgan fingerprint density at radius 3 is 2.66 bits per heavy atom. The van der Waals surface area contributed by atoms with Crippen molar-refractivity contribution < 1.29 is 14.3 Å². The molecule has 0 bridgehead atoms. The number of esters is 1. The fourth-order valence-corrected chi connectivity index (χ4v) is 3.29. The third kappa shape index (κ3) is 5.72. The number of allylic oxidation sites excluding steroid dienone is 2. The van der Waals surface area contributed by atoms with Crippen LogP contribution >= 0.6 is 0 Å². The monoisotopic (exact) mass is 431 g/mol. The normalized spacial score (nSPS) is 16.4. The van der Waals surface area contributed by atoms with Gasteiger partial charge in [-0.15, -0.1) is 6.58 Å². The van der Waals surface area contributed by atoms with Crippen LogP contribution in [-0.4, -0.2) is 23.3 Å². The number of pyridine rings is 1. The van der Waals surface area contributed by atoms with Crippen molar-refractivity contribution in [2.75, 3.05) is 6.61 Å². The molecule has 166 valence electrons. The molecule has 1 aromatic heterocycles. The smallest absolute Gasteiger partial charge is 0.357 e. The molecule has 6 heteroatoms. The minimum Gasteiger partial charge on any atom is -0.461 e. The molecule has 1 N–H and O–H groups in total. The maximum atomic E-state index is 12.3. The summed E-state index contributed by atoms with van der Waals surface area (Å²) in [6, 6.07) is 10.1.